The zero-order chi connectivity index (χ0) is 19.1. The molecule has 0 aromatic heterocycles. The molecule has 138 valence electrons. The summed E-state index contributed by atoms with van der Waals surface area (Å²) in [5.74, 6) is 1.12. The van der Waals surface area contributed by atoms with E-state index in [9.17, 15) is 4.79 Å². The third-order valence-corrected chi connectivity index (χ3v) is 3.93. The summed E-state index contributed by atoms with van der Waals surface area (Å²) >= 11 is 0. The van der Waals surface area contributed by atoms with E-state index in [1.807, 2.05) is 38.4 Å². The summed E-state index contributed by atoms with van der Waals surface area (Å²) in [6, 6.07) is 11.4. The lowest BCUT2D eigenvalue weighted by Crippen LogP contribution is -2.11. The highest BCUT2D eigenvalue weighted by Gasteiger charge is 2.19. The molecule has 0 aliphatic heterocycles. The zero-order valence-corrected chi connectivity index (χ0v) is 15.9. The van der Waals surface area contributed by atoms with Crippen LogP contribution >= 0.6 is 0 Å². The second-order valence-corrected chi connectivity index (χ2v) is 6.02. The lowest BCUT2D eigenvalue weighted by atomic mass is 10.0. The minimum atomic E-state index is -0.164. The van der Waals surface area contributed by atoms with Crippen molar-refractivity contribution in [2.75, 3.05) is 35.4 Å². The van der Waals surface area contributed by atoms with E-state index in [-0.39, 0.29) is 5.78 Å². The van der Waals surface area contributed by atoms with E-state index in [1.165, 1.54) is 14.2 Å². The SMILES string of the molecule is COc1ccc(C(=O)C=Cc2ccccc2CN(C)C)c(OC)c1OC. The molecule has 0 N–H and O–H groups in total. The molecule has 26 heavy (non-hydrogen) atoms. The predicted octanol–water partition coefficient (Wildman–Crippen LogP) is 3.67. The van der Waals surface area contributed by atoms with E-state index < -0.39 is 0 Å². The van der Waals surface area contributed by atoms with Gasteiger partial charge in [0.15, 0.2) is 17.3 Å². The summed E-state index contributed by atoms with van der Waals surface area (Å²) in [5.41, 5.74) is 2.58. The van der Waals surface area contributed by atoms with Crippen molar-refractivity contribution < 1.29 is 19.0 Å². The van der Waals surface area contributed by atoms with Gasteiger partial charge in [0.25, 0.3) is 0 Å². The Bertz CT molecular complexity index is 797. The molecule has 0 atom stereocenters. The van der Waals surface area contributed by atoms with E-state index in [4.69, 9.17) is 14.2 Å². The number of benzene rings is 2. The molecule has 0 saturated heterocycles. The van der Waals surface area contributed by atoms with Crippen LogP contribution in [-0.2, 0) is 6.54 Å². The molecule has 0 aliphatic carbocycles. The number of hydrogen-bond acceptors (Lipinski definition) is 5. The number of nitrogens with zero attached hydrogens (tertiary/aromatic N) is 1. The normalized spacial score (nSPS) is 11.0. The van der Waals surface area contributed by atoms with E-state index in [0.29, 0.717) is 22.8 Å². The minimum absolute atomic E-state index is 0.164. The predicted molar refractivity (Wildman–Crippen MR) is 103 cm³/mol. The fourth-order valence-corrected chi connectivity index (χ4v) is 2.73. The van der Waals surface area contributed by atoms with Crippen molar-refractivity contribution in [3.8, 4) is 17.2 Å². The number of rotatable bonds is 8. The summed E-state index contributed by atoms with van der Waals surface area (Å²) in [6.45, 7) is 0.800. The van der Waals surface area contributed by atoms with Crippen LogP contribution in [0.25, 0.3) is 6.08 Å². The molecule has 2 rings (SSSR count). The molecule has 0 fully saturated rings. The average molecular weight is 355 g/mol. The van der Waals surface area contributed by atoms with Crippen LogP contribution in [0.1, 0.15) is 21.5 Å². The van der Waals surface area contributed by atoms with E-state index in [2.05, 4.69) is 11.0 Å². The molecule has 0 amide bonds. The number of hydrogen-bond donors (Lipinski definition) is 0. The Balaban J connectivity index is 2.35. The number of methoxy groups -OCH3 is 3. The van der Waals surface area contributed by atoms with E-state index in [0.717, 1.165) is 17.7 Å². The van der Waals surface area contributed by atoms with Gasteiger partial charge in [-0.05, 0) is 43.4 Å². The van der Waals surface area contributed by atoms with Crippen molar-refractivity contribution in [2.24, 2.45) is 0 Å². The molecule has 0 spiro atoms. The topological polar surface area (TPSA) is 48.0 Å². The molecular formula is C21H25NO4. The van der Waals surface area contributed by atoms with E-state index >= 15 is 0 Å². The van der Waals surface area contributed by atoms with Crippen LogP contribution in [0, 0.1) is 0 Å². The smallest absolute Gasteiger partial charge is 0.204 e. The number of carbonyl (C=O) groups is 1. The monoisotopic (exact) mass is 355 g/mol. The maximum atomic E-state index is 12.7. The van der Waals surface area contributed by atoms with Crippen molar-refractivity contribution >= 4 is 11.9 Å². The largest absolute Gasteiger partial charge is 0.493 e. The number of ketones is 1. The Morgan fingerprint density at radius 2 is 1.65 bits per heavy atom. The third-order valence-electron chi connectivity index (χ3n) is 3.93. The van der Waals surface area contributed by atoms with Crippen LogP contribution < -0.4 is 14.2 Å². The summed E-state index contributed by atoms with van der Waals surface area (Å²) in [7, 11) is 8.59. The summed E-state index contributed by atoms with van der Waals surface area (Å²) in [5, 5.41) is 0. The van der Waals surface area contributed by atoms with Gasteiger partial charge in [-0.3, -0.25) is 4.79 Å². The lowest BCUT2D eigenvalue weighted by Gasteiger charge is -2.14. The van der Waals surface area contributed by atoms with Crippen molar-refractivity contribution in [3.63, 3.8) is 0 Å². The quantitative estimate of drug-likeness (QED) is 0.534. The average Bonchev–Trinajstić information content (AvgIpc) is 2.65. The van der Waals surface area contributed by atoms with Crippen LogP contribution in [-0.4, -0.2) is 46.1 Å². The van der Waals surface area contributed by atoms with Gasteiger partial charge in [0.2, 0.25) is 5.75 Å². The van der Waals surface area contributed by atoms with Crippen LogP contribution in [0.15, 0.2) is 42.5 Å². The molecule has 0 heterocycles. The molecule has 0 radical (unpaired) electrons. The fraction of sp³-hybridized carbons (Fsp3) is 0.286. The molecule has 0 saturated carbocycles. The van der Waals surface area contributed by atoms with Crippen LogP contribution in [0.4, 0.5) is 0 Å². The van der Waals surface area contributed by atoms with Crippen molar-refractivity contribution in [1.82, 2.24) is 4.90 Å². The van der Waals surface area contributed by atoms with Crippen molar-refractivity contribution in [1.29, 1.82) is 0 Å². The van der Waals surface area contributed by atoms with E-state index in [1.54, 1.807) is 25.3 Å². The molecule has 2 aromatic rings. The molecule has 5 nitrogen and oxygen atoms in total. The third kappa shape index (κ3) is 4.43. The highest BCUT2D eigenvalue weighted by Crippen LogP contribution is 2.40. The van der Waals surface area contributed by atoms with Gasteiger partial charge in [-0.2, -0.15) is 0 Å². The van der Waals surface area contributed by atoms with Gasteiger partial charge in [0.1, 0.15) is 0 Å². The zero-order valence-electron chi connectivity index (χ0n) is 15.9. The maximum absolute atomic E-state index is 12.7. The standard InChI is InChI=1S/C21H25NO4/c1-22(2)14-16-9-7-6-8-15(16)10-12-18(23)17-11-13-19(24-3)21(26-5)20(17)25-4/h6-13H,14H2,1-5H3. The molecule has 5 heteroatoms. The van der Waals surface area contributed by atoms with Gasteiger partial charge in [0.05, 0.1) is 26.9 Å². The Kier molecular flexibility index (Phi) is 6.81. The molecule has 0 aliphatic rings. The van der Waals surface area contributed by atoms with Crippen molar-refractivity contribution in [3.05, 3.63) is 59.2 Å². The molecule has 0 bridgehead atoms. The Morgan fingerprint density at radius 1 is 0.962 bits per heavy atom. The van der Waals surface area contributed by atoms with Gasteiger partial charge >= 0.3 is 0 Å². The lowest BCUT2D eigenvalue weighted by molar-refractivity contribution is 0.104. The van der Waals surface area contributed by atoms with Gasteiger partial charge in [-0.25, -0.2) is 0 Å². The highest BCUT2D eigenvalue weighted by atomic mass is 16.5. The van der Waals surface area contributed by atoms with Crippen LogP contribution in [0.3, 0.4) is 0 Å². The van der Waals surface area contributed by atoms with Gasteiger partial charge < -0.3 is 19.1 Å². The van der Waals surface area contributed by atoms with Gasteiger partial charge in [0, 0.05) is 6.54 Å². The fourth-order valence-electron chi connectivity index (χ4n) is 2.73. The summed E-state index contributed by atoms with van der Waals surface area (Å²) < 4.78 is 16.0. The molecule has 0 unspecified atom stereocenters. The number of allylic oxidation sites excluding steroid dienone is 1. The number of carbonyl (C=O) groups excluding carboxylic acids is 1. The van der Waals surface area contributed by atoms with Crippen molar-refractivity contribution in [2.45, 2.75) is 6.54 Å². The molecular weight excluding hydrogens is 330 g/mol. The van der Waals surface area contributed by atoms with Gasteiger partial charge in [-0.1, -0.05) is 30.3 Å². The minimum Gasteiger partial charge on any atom is -0.493 e. The highest BCUT2D eigenvalue weighted by molar-refractivity contribution is 6.09. The second-order valence-electron chi connectivity index (χ2n) is 6.02. The summed E-state index contributed by atoms with van der Waals surface area (Å²) in [6.07, 6.45) is 3.38. The first-order valence-electron chi connectivity index (χ1n) is 8.25. The van der Waals surface area contributed by atoms with Gasteiger partial charge in [-0.15, -0.1) is 0 Å². The first-order valence-corrected chi connectivity index (χ1v) is 8.25. The Morgan fingerprint density at radius 3 is 2.27 bits per heavy atom. The maximum Gasteiger partial charge on any atom is 0.204 e. The Labute approximate surface area is 154 Å². The summed E-state index contributed by atoms with van der Waals surface area (Å²) in [4.78, 5) is 14.8. The molecule has 2 aromatic carbocycles. The number of ether oxygens (including phenoxy) is 3. The van der Waals surface area contributed by atoms with Crippen LogP contribution in [0.5, 0.6) is 17.2 Å². The first-order chi connectivity index (χ1) is 12.5. The first kappa shape index (κ1) is 19.5. The Hall–Kier alpha value is -2.79. The van der Waals surface area contributed by atoms with Crippen LogP contribution in [0.2, 0.25) is 0 Å². The second kappa shape index (κ2) is 9.06.